The molecule has 2 aromatic heterocycles. The van der Waals surface area contributed by atoms with E-state index in [1.165, 1.54) is 32.5 Å². The molecule has 1 fully saturated rings. The molecule has 2 aromatic rings. The third kappa shape index (κ3) is 3.58. The molecule has 3 heterocycles. The van der Waals surface area contributed by atoms with E-state index in [0.29, 0.717) is 0 Å². The zero-order chi connectivity index (χ0) is 18.3. The summed E-state index contributed by atoms with van der Waals surface area (Å²) in [5.41, 5.74) is 2.28. The maximum absolute atomic E-state index is 4.44. The first kappa shape index (κ1) is 18.1. The molecule has 7 heteroatoms. The van der Waals surface area contributed by atoms with Gasteiger partial charge in [0.25, 0.3) is 0 Å². The largest absolute Gasteiger partial charge is 0.323 e. The van der Waals surface area contributed by atoms with Crippen molar-refractivity contribution >= 4 is 45.3 Å². The first-order valence-electron chi connectivity index (χ1n) is 8.95. The molecule has 26 heavy (non-hydrogen) atoms. The second-order valence-electron chi connectivity index (χ2n) is 6.73. The number of nitrogens with one attached hydrogen (secondary N) is 1. The summed E-state index contributed by atoms with van der Waals surface area (Å²) in [5.74, 6) is 1.84. The molecule has 1 saturated carbocycles. The Morgan fingerprint density at radius 1 is 1.31 bits per heavy atom. The number of hydrogen-bond donors (Lipinski definition) is 1. The van der Waals surface area contributed by atoms with E-state index in [1.807, 2.05) is 17.5 Å². The van der Waals surface area contributed by atoms with E-state index in [1.54, 1.807) is 23.3 Å². The van der Waals surface area contributed by atoms with Crippen molar-refractivity contribution in [1.29, 1.82) is 0 Å². The van der Waals surface area contributed by atoms with Gasteiger partial charge in [-0.15, -0.1) is 22.7 Å². The highest BCUT2D eigenvalue weighted by Crippen LogP contribution is 2.48. The Kier molecular flexibility index (Phi) is 5.14. The highest BCUT2D eigenvalue weighted by molar-refractivity contribution is 7.99. The standard InChI is InChI=1S/C19H24N4S3/c1-5-21-26-18-8-17-12(2)22(11-16-9-20-13(3)24-16)14(4)23(19(17)25-18)10-15-6-7-15/h8-9,15,21H,2,4-7,10-11H2,1,3H3. The lowest BCUT2D eigenvalue weighted by molar-refractivity contribution is 0.458. The van der Waals surface area contributed by atoms with Gasteiger partial charge in [-0.25, -0.2) is 4.98 Å². The maximum Gasteiger partial charge on any atom is 0.107 e. The number of aryl methyl sites for hydroxylation is 1. The van der Waals surface area contributed by atoms with E-state index >= 15 is 0 Å². The molecule has 4 nitrogen and oxygen atoms in total. The molecule has 0 atom stereocenters. The lowest BCUT2D eigenvalue weighted by atomic mass is 10.1. The van der Waals surface area contributed by atoms with Crippen LogP contribution in [0.15, 0.2) is 35.5 Å². The number of fused-ring (bicyclic) bond motifs is 1. The zero-order valence-corrected chi connectivity index (χ0v) is 17.7. The minimum absolute atomic E-state index is 0.787. The van der Waals surface area contributed by atoms with Crippen LogP contribution in [-0.4, -0.2) is 23.0 Å². The molecule has 0 bridgehead atoms. The Labute approximate surface area is 167 Å². The normalized spacial score (nSPS) is 17.2. The van der Waals surface area contributed by atoms with Gasteiger partial charge >= 0.3 is 0 Å². The molecule has 1 aliphatic carbocycles. The Morgan fingerprint density at radius 2 is 2.12 bits per heavy atom. The van der Waals surface area contributed by atoms with E-state index in [2.05, 4.69) is 52.6 Å². The fourth-order valence-electron chi connectivity index (χ4n) is 3.09. The Morgan fingerprint density at radius 3 is 2.77 bits per heavy atom. The van der Waals surface area contributed by atoms with Crippen molar-refractivity contribution in [3.63, 3.8) is 0 Å². The van der Waals surface area contributed by atoms with Gasteiger partial charge in [-0.1, -0.05) is 20.1 Å². The van der Waals surface area contributed by atoms with Gasteiger partial charge in [-0.2, -0.15) is 0 Å². The quantitative estimate of drug-likeness (QED) is 0.633. The van der Waals surface area contributed by atoms with Crippen molar-refractivity contribution in [3.8, 4) is 0 Å². The number of nitrogens with zero attached hydrogens (tertiary/aromatic N) is 3. The fourth-order valence-corrected chi connectivity index (χ4v) is 5.86. The number of thiazole rings is 1. The fraction of sp³-hybridized carbons (Fsp3) is 0.421. The van der Waals surface area contributed by atoms with Crippen LogP contribution in [0.5, 0.6) is 0 Å². The highest BCUT2D eigenvalue weighted by atomic mass is 32.2. The lowest BCUT2D eigenvalue weighted by Crippen LogP contribution is -2.38. The van der Waals surface area contributed by atoms with Crippen molar-refractivity contribution in [1.82, 2.24) is 14.6 Å². The molecule has 138 valence electrons. The van der Waals surface area contributed by atoms with E-state index in [-0.39, 0.29) is 0 Å². The Balaban J connectivity index is 1.65. The molecular weight excluding hydrogens is 380 g/mol. The van der Waals surface area contributed by atoms with Crippen LogP contribution in [0.25, 0.3) is 5.70 Å². The SMILES string of the molecule is C=C1c2cc(SNCC)sc2N(CC2CC2)C(=C)N1Cc1cnc(C)s1. The van der Waals surface area contributed by atoms with Crippen molar-refractivity contribution in [3.05, 3.63) is 46.7 Å². The van der Waals surface area contributed by atoms with Crippen LogP contribution < -0.4 is 9.62 Å². The van der Waals surface area contributed by atoms with E-state index in [9.17, 15) is 0 Å². The van der Waals surface area contributed by atoms with E-state index in [4.69, 9.17) is 0 Å². The zero-order valence-electron chi connectivity index (χ0n) is 15.2. The summed E-state index contributed by atoms with van der Waals surface area (Å²) in [5, 5.41) is 2.40. The molecule has 0 unspecified atom stereocenters. The number of anilines is 1. The van der Waals surface area contributed by atoms with Crippen molar-refractivity contribution in [2.24, 2.45) is 5.92 Å². The van der Waals surface area contributed by atoms with E-state index in [0.717, 1.165) is 42.1 Å². The topological polar surface area (TPSA) is 31.4 Å². The van der Waals surface area contributed by atoms with Gasteiger partial charge in [0.1, 0.15) is 10.8 Å². The molecule has 0 spiro atoms. The number of rotatable bonds is 7. The third-order valence-corrected chi connectivity index (χ3v) is 7.74. The molecule has 0 amide bonds. The summed E-state index contributed by atoms with van der Waals surface area (Å²) < 4.78 is 4.64. The molecule has 2 aliphatic rings. The monoisotopic (exact) mass is 404 g/mol. The van der Waals surface area contributed by atoms with Gasteiger partial charge in [0.05, 0.1) is 15.8 Å². The number of thiophene rings is 1. The van der Waals surface area contributed by atoms with Crippen molar-refractivity contribution < 1.29 is 0 Å². The second kappa shape index (κ2) is 7.38. The Bertz CT molecular complexity index is 834. The van der Waals surface area contributed by atoms with Crippen molar-refractivity contribution in [2.45, 2.75) is 37.4 Å². The lowest BCUT2D eigenvalue weighted by Gasteiger charge is -2.40. The second-order valence-corrected chi connectivity index (χ2v) is 10.3. The predicted octanol–water partition coefficient (Wildman–Crippen LogP) is 5.30. The number of hydrogen-bond acceptors (Lipinski definition) is 7. The van der Waals surface area contributed by atoms with Crippen LogP contribution >= 0.6 is 34.6 Å². The molecule has 0 saturated heterocycles. The van der Waals surface area contributed by atoms with Crippen LogP contribution in [0, 0.1) is 12.8 Å². The van der Waals surface area contributed by atoms with E-state index < -0.39 is 0 Å². The van der Waals surface area contributed by atoms with Gasteiger partial charge in [-0.05, 0) is 43.7 Å². The molecule has 1 aliphatic heterocycles. The molecule has 0 radical (unpaired) electrons. The smallest absolute Gasteiger partial charge is 0.107 e. The maximum atomic E-state index is 4.44. The van der Waals surface area contributed by atoms with Crippen LogP contribution in [0.3, 0.4) is 0 Å². The van der Waals surface area contributed by atoms with Gasteiger partial charge in [0, 0.05) is 35.4 Å². The summed E-state index contributed by atoms with van der Waals surface area (Å²) in [6.07, 6.45) is 4.64. The summed E-state index contributed by atoms with van der Waals surface area (Å²) in [7, 11) is 0. The summed E-state index contributed by atoms with van der Waals surface area (Å²) >= 11 is 5.29. The van der Waals surface area contributed by atoms with Crippen molar-refractivity contribution in [2.75, 3.05) is 18.0 Å². The summed E-state index contributed by atoms with van der Waals surface area (Å²) in [4.78, 5) is 10.3. The predicted molar refractivity (Wildman–Crippen MR) is 114 cm³/mol. The van der Waals surface area contributed by atoms with Gasteiger partial charge in [0.15, 0.2) is 0 Å². The first-order valence-corrected chi connectivity index (χ1v) is 11.4. The van der Waals surface area contributed by atoms with Gasteiger partial charge in [0.2, 0.25) is 0 Å². The van der Waals surface area contributed by atoms with Crippen LogP contribution in [0.1, 0.15) is 35.2 Å². The molecular formula is C19H24N4S3. The third-order valence-electron chi connectivity index (χ3n) is 4.63. The Hall–Kier alpha value is -1.28. The molecule has 1 N–H and O–H groups in total. The summed E-state index contributed by atoms with van der Waals surface area (Å²) in [6.45, 7) is 15.8. The first-order chi connectivity index (χ1) is 12.6. The van der Waals surface area contributed by atoms with Gasteiger partial charge in [-0.3, -0.25) is 4.72 Å². The molecule has 0 aromatic carbocycles. The average molecular weight is 405 g/mol. The molecule has 4 rings (SSSR count). The van der Waals surface area contributed by atoms with Crippen LogP contribution in [0.4, 0.5) is 5.00 Å². The summed E-state index contributed by atoms with van der Waals surface area (Å²) in [6, 6.07) is 2.27. The number of aromatic nitrogens is 1. The van der Waals surface area contributed by atoms with Crippen LogP contribution in [-0.2, 0) is 6.54 Å². The van der Waals surface area contributed by atoms with Gasteiger partial charge < -0.3 is 9.80 Å². The van der Waals surface area contributed by atoms with Crippen LogP contribution in [0.2, 0.25) is 0 Å². The minimum atomic E-state index is 0.787. The minimum Gasteiger partial charge on any atom is -0.323 e. The highest BCUT2D eigenvalue weighted by Gasteiger charge is 2.35. The average Bonchev–Trinajstić information content (AvgIpc) is 3.19.